The molecule has 0 rings (SSSR count). The predicted octanol–water partition coefficient (Wildman–Crippen LogP) is 5.44. The minimum absolute atomic E-state index is 0.0149. The van der Waals surface area contributed by atoms with Crippen LogP contribution in [0.25, 0.3) is 0 Å². The van der Waals surface area contributed by atoms with Crippen LogP contribution < -0.4 is 0 Å². The Balaban J connectivity index is 3.84. The van der Waals surface area contributed by atoms with E-state index in [1.54, 1.807) is 6.92 Å². The highest BCUT2D eigenvalue weighted by Crippen LogP contribution is 2.29. The van der Waals surface area contributed by atoms with Gasteiger partial charge < -0.3 is 20.4 Å². The molecule has 29 heavy (non-hydrogen) atoms. The van der Waals surface area contributed by atoms with Gasteiger partial charge in [0.05, 0.1) is 18.1 Å². The van der Waals surface area contributed by atoms with Crippen LogP contribution in [0, 0.1) is 5.92 Å². The second-order valence-corrected chi connectivity index (χ2v) is 8.80. The first kappa shape index (κ1) is 28.4. The van der Waals surface area contributed by atoms with Crippen LogP contribution in [0.3, 0.4) is 0 Å². The van der Waals surface area contributed by atoms with Crippen molar-refractivity contribution in [2.75, 3.05) is 6.61 Å². The van der Waals surface area contributed by atoms with Gasteiger partial charge >= 0.3 is 5.97 Å². The summed E-state index contributed by atoms with van der Waals surface area (Å²) in [5.74, 6) is -1.66. The van der Waals surface area contributed by atoms with E-state index in [-0.39, 0.29) is 6.42 Å². The second-order valence-electron chi connectivity index (χ2n) is 8.80. The summed E-state index contributed by atoms with van der Waals surface area (Å²) in [6.45, 7) is 3.46. The van der Waals surface area contributed by atoms with Crippen LogP contribution in [0.1, 0.15) is 123 Å². The lowest BCUT2D eigenvalue weighted by Crippen LogP contribution is -2.46. The normalized spacial score (nSPS) is 15.8. The minimum atomic E-state index is -1.52. The van der Waals surface area contributed by atoms with Crippen LogP contribution in [0.4, 0.5) is 0 Å². The first-order chi connectivity index (χ1) is 13.9. The van der Waals surface area contributed by atoms with E-state index in [1.165, 1.54) is 70.6 Å². The summed E-state index contributed by atoms with van der Waals surface area (Å²) in [6.07, 6.45) is 16.8. The molecule has 3 atom stereocenters. The molecule has 5 nitrogen and oxygen atoms in total. The zero-order valence-corrected chi connectivity index (χ0v) is 19.1. The van der Waals surface area contributed by atoms with Crippen molar-refractivity contribution in [2.45, 2.75) is 135 Å². The van der Waals surface area contributed by atoms with Crippen molar-refractivity contribution in [1.82, 2.24) is 0 Å². The van der Waals surface area contributed by atoms with Crippen molar-refractivity contribution in [3.05, 3.63) is 0 Å². The summed E-state index contributed by atoms with van der Waals surface area (Å²) >= 11 is 0. The zero-order valence-electron chi connectivity index (χ0n) is 19.1. The lowest BCUT2D eigenvalue weighted by Gasteiger charge is -2.34. The van der Waals surface area contributed by atoms with Gasteiger partial charge in [0.2, 0.25) is 0 Å². The molecule has 0 bridgehead atoms. The SMILES string of the molecule is CCCCCCCCCCCCCCCC[C@@](O)(CC(CC)C(=O)O)C(O)CO. The number of carboxylic acid groups (broad SMARTS) is 1. The molecule has 2 unspecified atom stereocenters. The van der Waals surface area contributed by atoms with Crippen LogP contribution in [-0.4, -0.2) is 44.7 Å². The number of aliphatic hydroxyl groups is 3. The fourth-order valence-corrected chi connectivity index (χ4v) is 4.03. The van der Waals surface area contributed by atoms with E-state index in [4.69, 9.17) is 0 Å². The number of aliphatic carboxylic acids is 1. The first-order valence-corrected chi connectivity index (χ1v) is 12.1. The molecule has 4 N–H and O–H groups in total. The third-order valence-corrected chi connectivity index (χ3v) is 6.20. The molecule has 0 amide bonds. The molecule has 0 aliphatic carbocycles. The standard InChI is InChI=1S/C24H48O5/c1-3-5-6-7-8-9-10-11-12-13-14-15-16-17-18-24(29,22(26)20-25)19-21(4-2)23(27)28/h21-22,25-26,29H,3-20H2,1-2H3,(H,27,28)/t21?,22?,24-/m1/s1. The lowest BCUT2D eigenvalue weighted by atomic mass is 9.81. The Morgan fingerprint density at radius 2 is 1.21 bits per heavy atom. The van der Waals surface area contributed by atoms with Crippen LogP contribution in [-0.2, 0) is 4.79 Å². The van der Waals surface area contributed by atoms with Gasteiger partial charge in [-0.1, -0.05) is 104 Å². The molecule has 5 heteroatoms. The Morgan fingerprint density at radius 3 is 1.55 bits per heavy atom. The van der Waals surface area contributed by atoms with E-state index in [1.807, 2.05) is 0 Å². The van der Waals surface area contributed by atoms with Gasteiger partial charge in [0.25, 0.3) is 0 Å². The van der Waals surface area contributed by atoms with Crippen LogP contribution >= 0.6 is 0 Å². The quantitative estimate of drug-likeness (QED) is 0.187. The molecule has 0 aliphatic rings. The third-order valence-electron chi connectivity index (χ3n) is 6.20. The van der Waals surface area contributed by atoms with Crippen molar-refractivity contribution in [3.63, 3.8) is 0 Å². The highest BCUT2D eigenvalue weighted by Gasteiger charge is 2.38. The van der Waals surface area contributed by atoms with Crippen LogP contribution in [0.15, 0.2) is 0 Å². The molecular weight excluding hydrogens is 368 g/mol. The van der Waals surface area contributed by atoms with E-state index in [2.05, 4.69) is 6.92 Å². The Morgan fingerprint density at radius 1 is 0.793 bits per heavy atom. The summed E-state index contributed by atoms with van der Waals surface area (Å²) in [7, 11) is 0. The molecular formula is C24H48O5. The van der Waals surface area contributed by atoms with Crippen molar-refractivity contribution in [2.24, 2.45) is 5.92 Å². The van der Waals surface area contributed by atoms with Crippen molar-refractivity contribution >= 4 is 5.97 Å². The number of hydrogen-bond acceptors (Lipinski definition) is 4. The monoisotopic (exact) mass is 416 g/mol. The number of aliphatic hydroxyl groups excluding tert-OH is 2. The Hall–Kier alpha value is -0.650. The molecule has 0 aromatic carbocycles. The van der Waals surface area contributed by atoms with Crippen LogP contribution in [0.5, 0.6) is 0 Å². The summed E-state index contributed by atoms with van der Waals surface area (Å²) in [6, 6.07) is 0. The first-order valence-electron chi connectivity index (χ1n) is 12.1. The molecule has 0 spiro atoms. The average Bonchev–Trinajstić information content (AvgIpc) is 2.71. The van der Waals surface area contributed by atoms with E-state index < -0.39 is 30.2 Å². The fourth-order valence-electron chi connectivity index (χ4n) is 4.03. The summed E-state index contributed by atoms with van der Waals surface area (Å²) in [5.41, 5.74) is -1.52. The smallest absolute Gasteiger partial charge is 0.306 e. The molecule has 0 saturated carbocycles. The number of unbranched alkanes of at least 4 members (excludes halogenated alkanes) is 13. The maximum Gasteiger partial charge on any atom is 0.306 e. The van der Waals surface area contributed by atoms with Gasteiger partial charge in [0.1, 0.15) is 6.10 Å². The predicted molar refractivity (Wildman–Crippen MR) is 119 cm³/mol. The molecule has 174 valence electrons. The maximum atomic E-state index is 11.3. The highest BCUT2D eigenvalue weighted by atomic mass is 16.4. The molecule has 0 aliphatic heterocycles. The second kappa shape index (κ2) is 18.1. The number of rotatable bonds is 21. The molecule has 0 radical (unpaired) electrons. The highest BCUT2D eigenvalue weighted by molar-refractivity contribution is 5.70. The van der Waals surface area contributed by atoms with Gasteiger partial charge in [-0.2, -0.15) is 0 Å². The molecule has 0 aromatic heterocycles. The summed E-state index contributed by atoms with van der Waals surface area (Å²) in [5, 5.41) is 39.2. The summed E-state index contributed by atoms with van der Waals surface area (Å²) in [4.78, 5) is 11.3. The third kappa shape index (κ3) is 14.1. The Labute approximate surface area is 178 Å². The Kier molecular flexibility index (Phi) is 17.7. The Bertz CT molecular complexity index is 387. The van der Waals surface area contributed by atoms with Crippen molar-refractivity contribution in [1.29, 1.82) is 0 Å². The van der Waals surface area contributed by atoms with Gasteiger partial charge in [-0.3, -0.25) is 4.79 Å². The number of hydrogen-bond donors (Lipinski definition) is 4. The minimum Gasteiger partial charge on any atom is -0.481 e. The number of carboxylic acids is 1. The van der Waals surface area contributed by atoms with Crippen LogP contribution in [0.2, 0.25) is 0 Å². The largest absolute Gasteiger partial charge is 0.481 e. The summed E-state index contributed by atoms with van der Waals surface area (Å²) < 4.78 is 0. The molecule has 0 aromatic rings. The molecule has 0 saturated heterocycles. The average molecular weight is 417 g/mol. The maximum absolute atomic E-state index is 11.3. The number of carbonyl (C=O) groups is 1. The van der Waals surface area contributed by atoms with E-state index in [9.17, 15) is 25.2 Å². The van der Waals surface area contributed by atoms with E-state index in [0.29, 0.717) is 12.8 Å². The van der Waals surface area contributed by atoms with Gasteiger partial charge in [-0.05, 0) is 19.3 Å². The fraction of sp³-hybridized carbons (Fsp3) is 0.958. The van der Waals surface area contributed by atoms with Gasteiger partial charge in [0.15, 0.2) is 0 Å². The molecule has 0 heterocycles. The van der Waals surface area contributed by atoms with Gasteiger partial charge in [-0.25, -0.2) is 0 Å². The zero-order chi connectivity index (χ0) is 22.0. The topological polar surface area (TPSA) is 98.0 Å². The van der Waals surface area contributed by atoms with Gasteiger partial charge in [0, 0.05) is 0 Å². The van der Waals surface area contributed by atoms with Crippen molar-refractivity contribution < 1.29 is 25.2 Å². The van der Waals surface area contributed by atoms with Crippen molar-refractivity contribution in [3.8, 4) is 0 Å². The van der Waals surface area contributed by atoms with Gasteiger partial charge in [-0.15, -0.1) is 0 Å². The molecule has 0 fully saturated rings. The van der Waals surface area contributed by atoms with E-state index >= 15 is 0 Å². The van der Waals surface area contributed by atoms with E-state index in [0.717, 1.165) is 19.3 Å². The lowest BCUT2D eigenvalue weighted by molar-refractivity contribution is -0.150.